The van der Waals surface area contributed by atoms with E-state index in [2.05, 4.69) is 0 Å². The molecule has 4 rings (SSSR count). The lowest BCUT2D eigenvalue weighted by Gasteiger charge is -2.28. The monoisotopic (exact) mass is 443 g/mol. The molecule has 5 heteroatoms. The van der Waals surface area contributed by atoms with Crippen LogP contribution in [0.4, 0.5) is 0 Å². The van der Waals surface area contributed by atoms with Crippen LogP contribution < -0.4 is 4.74 Å². The van der Waals surface area contributed by atoms with Crippen LogP contribution in [0.2, 0.25) is 0 Å². The average Bonchev–Trinajstić information content (AvgIpc) is 3.26. The number of benzene rings is 3. The molecule has 0 bridgehead atoms. The summed E-state index contributed by atoms with van der Waals surface area (Å²) in [5, 5.41) is 0. The molecule has 1 amide bonds. The smallest absolute Gasteiger partial charge is 0.228 e. The molecule has 1 aliphatic rings. The third kappa shape index (κ3) is 5.88. The van der Waals surface area contributed by atoms with Crippen molar-refractivity contribution in [2.45, 2.75) is 38.6 Å². The molecule has 3 atom stereocenters. The number of carbonyl (C=O) groups is 2. The molecule has 0 saturated carbocycles. The molecule has 1 saturated heterocycles. The summed E-state index contributed by atoms with van der Waals surface area (Å²) in [5.74, 6) is 0.455. The molecule has 0 radical (unpaired) electrons. The van der Waals surface area contributed by atoms with Crippen LogP contribution in [0.15, 0.2) is 84.9 Å². The van der Waals surface area contributed by atoms with Gasteiger partial charge in [0.1, 0.15) is 12.4 Å². The fourth-order valence-electron chi connectivity index (χ4n) is 4.19. The fourth-order valence-corrected chi connectivity index (χ4v) is 4.19. The molecule has 170 valence electrons. The number of ether oxygens (including phenoxy) is 2. The SMILES string of the molecule is C[C@H](Cc1ccc(OCc2ccccc2)cc1)C(=O)N1C(C=O)OC[C@H]1Cc1ccccc1. The van der Waals surface area contributed by atoms with E-state index in [0.29, 0.717) is 32.3 Å². The van der Waals surface area contributed by atoms with Gasteiger partial charge in [-0.15, -0.1) is 0 Å². The molecule has 1 unspecified atom stereocenters. The van der Waals surface area contributed by atoms with Gasteiger partial charge in [-0.05, 0) is 41.7 Å². The molecule has 0 N–H and O–H groups in total. The maximum absolute atomic E-state index is 13.3. The van der Waals surface area contributed by atoms with E-state index in [-0.39, 0.29) is 17.9 Å². The Morgan fingerprint density at radius 2 is 1.61 bits per heavy atom. The van der Waals surface area contributed by atoms with Crippen LogP contribution in [-0.2, 0) is 33.8 Å². The minimum absolute atomic E-state index is 0.0602. The first-order valence-electron chi connectivity index (χ1n) is 11.3. The van der Waals surface area contributed by atoms with Gasteiger partial charge in [0.05, 0.1) is 12.6 Å². The highest BCUT2D eigenvalue weighted by atomic mass is 16.5. The van der Waals surface area contributed by atoms with Crippen LogP contribution >= 0.6 is 0 Å². The molecule has 1 aliphatic heterocycles. The number of hydrogen-bond donors (Lipinski definition) is 0. The Bertz CT molecular complexity index is 1040. The van der Waals surface area contributed by atoms with Crippen molar-refractivity contribution in [3.05, 3.63) is 102 Å². The average molecular weight is 444 g/mol. The van der Waals surface area contributed by atoms with Gasteiger partial charge in [-0.25, -0.2) is 0 Å². The predicted octanol–water partition coefficient (Wildman–Crippen LogP) is 4.44. The van der Waals surface area contributed by atoms with E-state index in [1.807, 2.05) is 91.9 Å². The Morgan fingerprint density at radius 1 is 0.970 bits per heavy atom. The first kappa shape index (κ1) is 22.7. The molecule has 0 aromatic heterocycles. The number of aldehydes is 1. The normalized spacial score (nSPS) is 18.6. The summed E-state index contributed by atoms with van der Waals surface area (Å²) in [6, 6.07) is 27.7. The van der Waals surface area contributed by atoms with Gasteiger partial charge < -0.3 is 14.4 Å². The summed E-state index contributed by atoms with van der Waals surface area (Å²) in [5.41, 5.74) is 3.28. The van der Waals surface area contributed by atoms with E-state index in [1.54, 1.807) is 4.90 Å². The zero-order valence-corrected chi connectivity index (χ0v) is 18.8. The standard InChI is InChI=1S/C28H29NO4/c1-21(16-23-12-14-26(15-13-23)32-19-24-10-6-3-7-11-24)28(31)29-25(20-33-27(29)18-30)17-22-8-4-2-5-9-22/h2-15,18,21,25,27H,16-17,19-20H2,1H3/t21-,25-,27?/m1/s1. The maximum atomic E-state index is 13.3. The quantitative estimate of drug-likeness (QED) is 0.459. The molecule has 33 heavy (non-hydrogen) atoms. The predicted molar refractivity (Wildman–Crippen MR) is 127 cm³/mol. The van der Waals surface area contributed by atoms with Gasteiger partial charge in [0, 0.05) is 5.92 Å². The number of rotatable bonds is 9. The van der Waals surface area contributed by atoms with E-state index in [0.717, 1.165) is 22.4 Å². The Labute approximate surface area is 194 Å². The van der Waals surface area contributed by atoms with Crippen LogP contribution in [0.3, 0.4) is 0 Å². The molecule has 1 fully saturated rings. The topological polar surface area (TPSA) is 55.8 Å². The summed E-state index contributed by atoms with van der Waals surface area (Å²) >= 11 is 0. The molecule has 1 heterocycles. The van der Waals surface area contributed by atoms with Crippen molar-refractivity contribution < 1.29 is 19.1 Å². The lowest BCUT2D eigenvalue weighted by Crippen LogP contribution is -2.46. The van der Waals surface area contributed by atoms with Crippen LogP contribution in [0.5, 0.6) is 5.75 Å². The lowest BCUT2D eigenvalue weighted by molar-refractivity contribution is -0.145. The summed E-state index contributed by atoms with van der Waals surface area (Å²) in [6.45, 7) is 2.78. The highest BCUT2D eigenvalue weighted by Crippen LogP contribution is 2.24. The highest BCUT2D eigenvalue weighted by molar-refractivity contribution is 5.82. The van der Waals surface area contributed by atoms with E-state index < -0.39 is 6.23 Å². The van der Waals surface area contributed by atoms with E-state index in [1.165, 1.54) is 0 Å². The highest BCUT2D eigenvalue weighted by Gasteiger charge is 2.39. The van der Waals surface area contributed by atoms with E-state index in [9.17, 15) is 9.59 Å². The third-order valence-electron chi connectivity index (χ3n) is 5.95. The Kier molecular flexibility index (Phi) is 7.53. The van der Waals surface area contributed by atoms with Crippen LogP contribution in [0, 0.1) is 5.92 Å². The minimum Gasteiger partial charge on any atom is -0.489 e. The van der Waals surface area contributed by atoms with E-state index in [4.69, 9.17) is 9.47 Å². The molecule has 0 spiro atoms. The van der Waals surface area contributed by atoms with Crippen molar-refractivity contribution in [2.75, 3.05) is 6.61 Å². The molecule has 3 aromatic carbocycles. The first-order valence-corrected chi connectivity index (χ1v) is 11.3. The largest absolute Gasteiger partial charge is 0.489 e. The van der Waals surface area contributed by atoms with Crippen LogP contribution in [0.25, 0.3) is 0 Å². The zero-order chi connectivity index (χ0) is 23.0. The van der Waals surface area contributed by atoms with Crippen molar-refractivity contribution in [3.8, 4) is 5.75 Å². The van der Waals surface area contributed by atoms with Gasteiger partial charge in [-0.3, -0.25) is 9.59 Å². The van der Waals surface area contributed by atoms with Gasteiger partial charge in [0.25, 0.3) is 0 Å². The molecular formula is C28H29NO4. The summed E-state index contributed by atoms with van der Waals surface area (Å²) in [6.07, 6.45) is 1.14. The van der Waals surface area contributed by atoms with Crippen molar-refractivity contribution in [1.29, 1.82) is 0 Å². The Balaban J connectivity index is 1.36. The van der Waals surface area contributed by atoms with Gasteiger partial charge in [0.15, 0.2) is 12.5 Å². The first-order chi connectivity index (χ1) is 16.1. The number of hydrogen-bond acceptors (Lipinski definition) is 4. The molecule has 0 aliphatic carbocycles. The third-order valence-corrected chi connectivity index (χ3v) is 5.95. The molecule has 5 nitrogen and oxygen atoms in total. The second kappa shape index (κ2) is 10.9. The van der Waals surface area contributed by atoms with E-state index >= 15 is 0 Å². The van der Waals surface area contributed by atoms with Crippen molar-refractivity contribution in [2.24, 2.45) is 5.92 Å². The molecular weight excluding hydrogens is 414 g/mol. The number of nitrogens with zero attached hydrogens (tertiary/aromatic N) is 1. The van der Waals surface area contributed by atoms with Gasteiger partial charge in [0.2, 0.25) is 5.91 Å². The van der Waals surface area contributed by atoms with Crippen LogP contribution in [0.1, 0.15) is 23.6 Å². The summed E-state index contributed by atoms with van der Waals surface area (Å²) in [4.78, 5) is 26.5. The van der Waals surface area contributed by atoms with Gasteiger partial charge in [-0.1, -0.05) is 79.7 Å². The second-order valence-electron chi connectivity index (χ2n) is 8.47. The second-order valence-corrected chi connectivity index (χ2v) is 8.47. The fraction of sp³-hybridized carbons (Fsp3) is 0.286. The molecule has 3 aromatic rings. The zero-order valence-electron chi connectivity index (χ0n) is 18.8. The van der Waals surface area contributed by atoms with Gasteiger partial charge in [-0.2, -0.15) is 0 Å². The Hall–Kier alpha value is -3.44. The van der Waals surface area contributed by atoms with Crippen molar-refractivity contribution in [1.82, 2.24) is 4.90 Å². The minimum atomic E-state index is -0.817. The maximum Gasteiger partial charge on any atom is 0.228 e. The van der Waals surface area contributed by atoms with Gasteiger partial charge >= 0.3 is 0 Å². The Morgan fingerprint density at radius 3 is 2.24 bits per heavy atom. The number of amides is 1. The summed E-state index contributed by atoms with van der Waals surface area (Å²) < 4.78 is 11.5. The van der Waals surface area contributed by atoms with Crippen molar-refractivity contribution in [3.63, 3.8) is 0 Å². The van der Waals surface area contributed by atoms with Crippen LogP contribution in [-0.4, -0.2) is 36.0 Å². The lowest BCUT2D eigenvalue weighted by atomic mass is 9.98. The van der Waals surface area contributed by atoms with Crippen molar-refractivity contribution >= 4 is 12.2 Å². The summed E-state index contributed by atoms with van der Waals surface area (Å²) in [7, 11) is 0. The number of carbonyl (C=O) groups excluding carboxylic acids is 2.